The lowest BCUT2D eigenvalue weighted by atomic mass is 10.1. The van der Waals surface area contributed by atoms with Gasteiger partial charge in [0.1, 0.15) is 5.76 Å². The number of hydrogen-bond acceptors (Lipinski definition) is 4. The third kappa shape index (κ3) is 2.13. The van der Waals surface area contributed by atoms with Gasteiger partial charge >= 0.3 is 0 Å². The van der Waals surface area contributed by atoms with Crippen molar-refractivity contribution in [2.75, 3.05) is 18.1 Å². The van der Waals surface area contributed by atoms with Crippen LogP contribution in [0.25, 0.3) is 0 Å². The predicted molar refractivity (Wildman–Crippen MR) is 65.8 cm³/mol. The molecule has 2 aliphatic heterocycles. The Labute approximate surface area is 100 Å². The molecule has 2 unspecified atom stereocenters. The van der Waals surface area contributed by atoms with Crippen LogP contribution in [0.15, 0.2) is 10.6 Å². The minimum atomic E-state index is 0.358. The second-order valence-corrected chi connectivity index (χ2v) is 5.81. The number of nitrogens with one attached hydrogen (secondary N) is 1. The van der Waals surface area contributed by atoms with E-state index in [1.165, 1.54) is 37.2 Å². The predicted octanol–water partition coefficient (Wildman–Crippen LogP) is 2.71. The van der Waals surface area contributed by atoms with Gasteiger partial charge in [-0.3, -0.25) is 0 Å². The highest BCUT2D eigenvalue weighted by Crippen LogP contribution is 2.34. The van der Waals surface area contributed by atoms with Gasteiger partial charge in [-0.15, -0.1) is 0 Å². The highest BCUT2D eigenvalue weighted by atomic mass is 32.2. The van der Waals surface area contributed by atoms with Crippen molar-refractivity contribution in [3.8, 4) is 0 Å². The smallest absolute Gasteiger partial charge is 0.211 e. The SMILES string of the molecule is c1nc(C2CCCCN2)oc1C1CCSC1. The number of hydrogen-bond donors (Lipinski definition) is 1. The highest BCUT2D eigenvalue weighted by Gasteiger charge is 2.24. The van der Waals surface area contributed by atoms with Crippen LogP contribution in [-0.4, -0.2) is 23.0 Å². The second kappa shape index (κ2) is 4.80. The molecule has 1 aromatic heterocycles. The molecule has 3 heterocycles. The quantitative estimate of drug-likeness (QED) is 0.859. The summed E-state index contributed by atoms with van der Waals surface area (Å²) in [7, 11) is 0. The van der Waals surface area contributed by atoms with E-state index in [1.54, 1.807) is 0 Å². The second-order valence-electron chi connectivity index (χ2n) is 4.66. The zero-order valence-electron chi connectivity index (χ0n) is 9.45. The first-order valence-electron chi connectivity index (χ1n) is 6.20. The normalized spacial score (nSPS) is 30.8. The van der Waals surface area contributed by atoms with Crippen molar-refractivity contribution in [3.05, 3.63) is 17.8 Å². The topological polar surface area (TPSA) is 38.1 Å². The molecule has 16 heavy (non-hydrogen) atoms. The van der Waals surface area contributed by atoms with Gasteiger partial charge in [0.05, 0.1) is 12.2 Å². The highest BCUT2D eigenvalue weighted by molar-refractivity contribution is 7.99. The summed E-state index contributed by atoms with van der Waals surface area (Å²) in [5, 5.41) is 3.48. The first-order chi connectivity index (χ1) is 7.93. The van der Waals surface area contributed by atoms with E-state index in [0.29, 0.717) is 12.0 Å². The molecule has 88 valence electrons. The molecule has 0 aromatic carbocycles. The van der Waals surface area contributed by atoms with Crippen LogP contribution in [0.1, 0.15) is 49.3 Å². The first-order valence-corrected chi connectivity index (χ1v) is 7.36. The van der Waals surface area contributed by atoms with Gasteiger partial charge in [0.2, 0.25) is 5.89 Å². The van der Waals surface area contributed by atoms with Crippen LogP contribution >= 0.6 is 11.8 Å². The van der Waals surface area contributed by atoms with Gasteiger partial charge in [-0.1, -0.05) is 6.42 Å². The van der Waals surface area contributed by atoms with Crippen molar-refractivity contribution >= 4 is 11.8 Å². The Balaban J connectivity index is 1.71. The molecule has 2 saturated heterocycles. The van der Waals surface area contributed by atoms with E-state index in [0.717, 1.165) is 18.2 Å². The molecule has 1 aromatic rings. The fourth-order valence-corrected chi connectivity index (χ4v) is 3.71. The molecule has 2 fully saturated rings. The summed E-state index contributed by atoms with van der Waals surface area (Å²) in [6.45, 7) is 1.10. The Morgan fingerprint density at radius 2 is 2.38 bits per heavy atom. The van der Waals surface area contributed by atoms with Gasteiger partial charge in [-0.2, -0.15) is 11.8 Å². The summed E-state index contributed by atoms with van der Waals surface area (Å²) in [4.78, 5) is 4.45. The van der Waals surface area contributed by atoms with Gasteiger partial charge in [-0.05, 0) is 31.6 Å². The van der Waals surface area contributed by atoms with Gasteiger partial charge in [-0.25, -0.2) is 4.98 Å². The molecule has 2 atom stereocenters. The standard InChI is InChI=1S/C12H18N2OS/c1-2-5-13-10(3-1)12-14-7-11(15-12)9-4-6-16-8-9/h7,9-10,13H,1-6,8H2. The first kappa shape index (κ1) is 10.7. The van der Waals surface area contributed by atoms with Crippen LogP contribution in [0.2, 0.25) is 0 Å². The van der Waals surface area contributed by atoms with Gasteiger partial charge in [0.15, 0.2) is 0 Å². The maximum atomic E-state index is 5.92. The van der Waals surface area contributed by atoms with E-state index in [9.17, 15) is 0 Å². The lowest BCUT2D eigenvalue weighted by Gasteiger charge is -2.20. The van der Waals surface area contributed by atoms with Gasteiger partial charge in [0, 0.05) is 11.7 Å². The molecule has 0 spiro atoms. The van der Waals surface area contributed by atoms with Gasteiger partial charge < -0.3 is 9.73 Å². The summed E-state index contributed by atoms with van der Waals surface area (Å²) in [5.41, 5.74) is 0. The largest absolute Gasteiger partial charge is 0.444 e. The summed E-state index contributed by atoms with van der Waals surface area (Å²) < 4.78 is 5.92. The monoisotopic (exact) mass is 238 g/mol. The Hall–Kier alpha value is -0.480. The molecule has 2 aliphatic rings. The number of rotatable bonds is 2. The van der Waals surface area contributed by atoms with Crippen molar-refractivity contribution in [3.63, 3.8) is 0 Å². The molecule has 3 rings (SSSR count). The molecular formula is C12H18N2OS. The average molecular weight is 238 g/mol. The molecule has 0 aliphatic carbocycles. The minimum Gasteiger partial charge on any atom is -0.444 e. The van der Waals surface area contributed by atoms with Crippen LogP contribution in [-0.2, 0) is 0 Å². The fraction of sp³-hybridized carbons (Fsp3) is 0.750. The lowest BCUT2D eigenvalue weighted by Crippen LogP contribution is -2.26. The third-order valence-corrected chi connectivity index (χ3v) is 4.64. The Bertz CT molecular complexity index is 341. The van der Waals surface area contributed by atoms with Crippen LogP contribution in [0.3, 0.4) is 0 Å². The number of thioether (sulfide) groups is 1. The molecule has 0 amide bonds. The van der Waals surface area contributed by atoms with Crippen molar-refractivity contribution in [2.24, 2.45) is 0 Å². The molecular weight excluding hydrogens is 220 g/mol. The maximum Gasteiger partial charge on any atom is 0.211 e. The van der Waals surface area contributed by atoms with Crippen LogP contribution in [0.4, 0.5) is 0 Å². The van der Waals surface area contributed by atoms with Gasteiger partial charge in [0.25, 0.3) is 0 Å². The summed E-state index contributed by atoms with van der Waals surface area (Å²) in [6.07, 6.45) is 6.93. The van der Waals surface area contributed by atoms with Crippen molar-refractivity contribution in [2.45, 2.75) is 37.6 Å². The summed E-state index contributed by atoms with van der Waals surface area (Å²) in [5.74, 6) is 5.09. The van der Waals surface area contributed by atoms with E-state index < -0.39 is 0 Å². The van der Waals surface area contributed by atoms with Crippen molar-refractivity contribution in [1.82, 2.24) is 10.3 Å². The zero-order chi connectivity index (χ0) is 10.8. The molecule has 3 nitrogen and oxygen atoms in total. The summed E-state index contributed by atoms with van der Waals surface area (Å²) in [6, 6.07) is 0.358. The van der Waals surface area contributed by atoms with Crippen LogP contribution in [0, 0.1) is 0 Å². The Morgan fingerprint density at radius 1 is 1.38 bits per heavy atom. The van der Waals surface area contributed by atoms with E-state index in [2.05, 4.69) is 10.3 Å². The number of oxazole rings is 1. The molecule has 0 saturated carbocycles. The number of nitrogens with zero attached hydrogens (tertiary/aromatic N) is 1. The van der Waals surface area contributed by atoms with Crippen LogP contribution in [0.5, 0.6) is 0 Å². The summed E-state index contributed by atoms with van der Waals surface area (Å²) >= 11 is 2.02. The Kier molecular flexibility index (Phi) is 3.20. The van der Waals surface area contributed by atoms with E-state index in [-0.39, 0.29) is 0 Å². The maximum absolute atomic E-state index is 5.92. The average Bonchev–Trinajstić information content (AvgIpc) is 3.01. The zero-order valence-corrected chi connectivity index (χ0v) is 10.3. The molecule has 0 radical (unpaired) electrons. The van der Waals surface area contributed by atoms with Crippen LogP contribution < -0.4 is 5.32 Å². The van der Waals surface area contributed by atoms with Crippen molar-refractivity contribution in [1.29, 1.82) is 0 Å². The number of aromatic nitrogens is 1. The molecule has 0 bridgehead atoms. The van der Waals surface area contributed by atoms with E-state index in [4.69, 9.17) is 4.42 Å². The van der Waals surface area contributed by atoms with Crippen molar-refractivity contribution < 1.29 is 4.42 Å². The lowest BCUT2D eigenvalue weighted by molar-refractivity contribution is 0.324. The van der Waals surface area contributed by atoms with E-state index in [1.807, 2.05) is 18.0 Å². The number of piperidine rings is 1. The molecule has 4 heteroatoms. The minimum absolute atomic E-state index is 0.358. The Morgan fingerprint density at radius 3 is 3.12 bits per heavy atom. The third-order valence-electron chi connectivity index (χ3n) is 3.48. The molecule has 1 N–H and O–H groups in total. The van der Waals surface area contributed by atoms with E-state index >= 15 is 0 Å². The fourth-order valence-electron chi connectivity index (χ4n) is 2.47.